The van der Waals surface area contributed by atoms with Gasteiger partial charge in [0.05, 0.1) is 12.2 Å². The van der Waals surface area contributed by atoms with Crippen LogP contribution in [0.25, 0.3) is 0 Å². The molecule has 0 spiro atoms. The maximum atomic E-state index is 4.51. The van der Waals surface area contributed by atoms with Crippen LogP contribution in [0.3, 0.4) is 0 Å². The highest BCUT2D eigenvalue weighted by atomic mass is 15.2. The van der Waals surface area contributed by atoms with Crippen molar-refractivity contribution in [3.8, 4) is 0 Å². The zero-order chi connectivity index (χ0) is 13.0. The van der Waals surface area contributed by atoms with Crippen molar-refractivity contribution in [3.05, 3.63) is 42.0 Å². The number of aromatic nitrogens is 3. The van der Waals surface area contributed by atoms with Gasteiger partial charge in [0.2, 0.25) is 5.95 Å². The Labute approximate surface area is 108 Å². The lowest BCUT2D eigenvalue weighted by Gasteiger charge is -2.11. The fourth-order valence-electron chi connectivity index (χ4n) is 1.79. The van der Waals surface area contributed by atoms with Crippen molar-refractivity contribution in [2.45, 2.75) is 27.3 Å². The van der Waals surface area contributed by atoms with Gasteiger partial charge in [-0.2, -0.15) is 0 Å². The van der Waals surface area contributed by atoms with Gasteiger partial charge in [-0.3, -0.25) is 4.98 Å². The second-order valence-corrected chi connectivity index (χ2v) is 4.96. The molecule has 4 heteroatoms. The highest BCUT2D eigenvalue weighted by Gasteiger charge is 2.06. The fraction of sp³-hybridized carbons (Fsp3) is 0.429. The second-order valence-electron chi connectivity index (χ2n) is 4.96. The van der Waals surface area contributed by atoms with Crippen LogP contribution in [0, 0.1) is 12.8 Å². The monoisotopic (exact) mass is 244 g/mol. The summed E-state index contributed by atoms with van der Waals surface area (Å²) in [6.07, 6.45) is 5.71. The molecule has 0 amide bonds. The van der Waals surface area contributed by atoms with Gasteiger partial charge in [-0.1, -0.05) is 13.8 Å². The molecule has 0 aliphatic rings. The Morgan fingerprint density at radius 3 is 2.67 bits per heavy atom. The Hall–Kier alpha value is -1.84. The zero-order valence-electron chi connectivity index (χ0n) is 11.2. The molecular weight excluding hydrogens is 224 g/mol. The topological polar surface area (TPSA) is 42.7 Å². The molecule has 0 bridgehead atoms. The van der Waals surface area contributed by atoms with Gasteiger partial charge in [0, 0.05) is 25.1 Å². The molecule has 4 nitrogen and oxygen atoms in total. The van der Waals surface area contributed by atoms with E-state index in [-0.39, 0.29) is 0 Å². The van der Waals surface area contributed by atoms with E-state index in [4.69, 9.17) is 0 Å². The number of aryl methyl sites for hydroxylation is 1. The van der Waals surface area contributed by atoms with Crippen molar-refractivity contribution in [3.63, 3.8) is 0 Å². The van der Waals surface area contributed by atoms with Crippen molar-refractivity contribution in [2.24, 2.45) is 5.92 Å². The third-order valence-electron chi connectivity index (χ3n) is 2.67. The largest absolute Gasteiger partial charge is 0.355 e. The number of nitrogens with one attached hydrogen (secondary N) is 1. The molecule has 2 heterocycles. The molecule has 2 aromatic rings. The minimum Gasteiger partial charge on any atom is -0.355 e. The smallest absolute Gasteiger partial charge is 0.203 e. The van der Waals surface area contributed by atoms with Gasteiger partial charge < -0.3 is 9.88 Å². The molecule has 2 rings (SSSR count). The molecule has 0 saturated carbocycles. The van der Waals surface area contributed by atoms with Gasteiger partial charge in [0.25, 0.3) is 0 Å². The van der Waals surface area contributed by atoms with Crippen LogP contribution in [-0.4, -0.2) is 21.1 Å². The fourth-order valence-corrected chi connectivity index (χ4v) is 1.79. The quantitative estimate of drug-likeness (QED) is 0.879. The molecule has 0 radical (unpaired) electrons. The Kier molecular flexibility index (Phi) is 3.97. The SMILES string of the molecule is Cc1cn(Cc2ccncc2)c(NCC(C)C)n1. The number of hydrogen-bond acceptors (Lipinski definition) is 3. The van der Waals surface area contributed by atoms with Gasteiger partial charge in [0.15, 0.2) is 0 Å². The van der Waals surface area contributed by atoms with Crippen LogP contribution < -0.4 is 5.32 Å². The highest BCUT2D eigenvalue weighted by Crippen LogP contribution is 2.12. The van der Waals surface area contributed by atoms with Gasteiger partial charge in [-0.15, -0.1) is 0 Å². The van der Waals surface area contributed by atoms with E-state index in [0.717, 1.165) is 24.7 Å². The van der Waals surface area contributed by atoms with Crippen molar-refractivity contribution < 1.29 is 0 Å². The Balaban J connectivity index is 2.12. The number of hydrogen-bond donors (Lipinski definition) is 1. The molecule has 1 N–H and O–H groups in total. The summed E-state index contributed by atoms with van der Waals surface area (Å²) in [6.45, 7) is 8.16. The molecular formula is C14H20N4. The second kappa shape index (κ2) is 5.67. The molecule has 0 aliphatic heterocycles. The predicted octanol–water partition coefficient (Wildman–Crippen LogP) is 2.70. The van der Waals surface area contributed by atoms with E-state index in [1.54, 1.807) is 0 Å². The minimum atomic E-state index is 0.608. The molecule has 0 fully saturated rings. The van der Waals surface area contributed by atoms with Crippen molar-refractivity contribution >= 4 is 5.95 Å². The van der Waals surface area contributed by atoms with Crippen LogP contribution >= 0.6 is 0 Å². The Bertz CT molecular complexity index is 488. The van der Waals surface area contributed by atoms with Gasteiger partial charge in [0.1, 0.15) is 0 Å². The summed E-state index contributed by atoms with van der Waals surface area (Å²) in [4.78, 5) is 8.55. The van der Waals surface area contributed by atoms with Crippen molar-refractivity contribution in [1.82, 2.24) is 14.5 Å². The first-order valence-electron chi connectivity index (χ1n) is 6.31. The Morgan fingerprint density at radius 1 is 1.28 bits per heavy atom. The van der Waals surface area contributed by atoms with Gasteiger partial charge >= 0.3 is 0 Å². The third kappa shape index (κ3) is 3.32. The number of rotatable bonds is 5. The van der Waals surface area contributed by atoms with Crippen LogP contribution in [0.4, 0.5) is 5.95 Å². The normalized spacial score (nSPS) is 10.9. The van der Waals surface area contributed by atoms with E-state index >= 15 is 0 Å². The number of anilines is 1. The zero-order valence-corrected chi connectivity index (χ0v) is 11.2. The highest BCUT2D eigenvalue weighted by molar-refractivity contribution is 5.30. The van der Waals surface area contributed by atoms with E-state index in [1.165, 1.54) is 5.56 Å². The minimum absolute atomic E-state index is 0.608. The molecule has 0 atom stereocenters. The molecule has 2 aromatic heterocycles. The maximum Gasteiger partial charge on any atom is 0.203 e. The predicted molar refractivity (Wildman–Crippen MR) is 73.6 cm³/mol. The molecule has 96 valence electrons. The summed E-state index contributed by atoms with van der Waals surface area (Å²) in [7, 11) is 0. The van der Waals surface area contributed by atoms with Gasteiger partial charge in [-0.05, 0) is 30.5 Å². The molecule has 0 saturated heterocycles. The van der Waals surface area contributed by atoms with Crippen LogP contribution in [-0.2, 0) is 6.54 Å². The van der Waals surface area contributed by atoms with Crippen LogP contribution in [0.5, 0.6) is 0 Å². The van der Waals surface area contributed by atoms with E-state index in [0.29, 0.717) is 5.92 Å². The van der Waals surface area contributed by atoms with Crippen LogP contribution in [0.15, 0.2) is 30.7 Å². The van der Waals surface area contributed by atoms with E-state index in [2.05, 4.69) is 39.9 Å². The lowest BCUT2D eigenvalue weighted by Crippen LogP contribution is -2.13. The maximum absolute atomic E-state index is 4.51. The first-order chi connectivity index (χ1) is 8.65. The summed E-state index contributed by atoms with van der Waals surface area (Å²) in [5.41, 5.74) is 2.27. The summed E-state index contributed by atoms with van der Waals surface area (Å²) >= 11 is 0. The molecule has 0 aromatic carbocycles. The van der Waals surface area contributed by atoms with E-state index < -0.39 is 0 Å². The van der Waals surface area contributed by atoms with Crippen molar-refractivity contribution in [1.29, 1.82) is 0 Å². The number of nitrogens with zero attached hydrogens (tertiary/aromatic N) is 3. The lowest BCUT2D eigenvalue weighted by molar-refractivity contribution is 0.676. The number of pyridine rings is 1. The summed E-state index contributed by atoms with van der Waals surface area (Å²) < 4.78 is 2.15. The van der Waals surface area contributed by atoms with Gasteiger partial charge in [-0.25, -0.2) is 4.98 Å². The average molecular weight is 244 g/mol. The van der Waals surface area contributed by atoms with E-state index in [1.807, 2.05) is 31.5 Å². The summed E-state index contributed by atoms with van der Waals surface area (Å²) in [5.74, 6) is 1.55. The van der Waals surface area contributed by atoms with Crippen LogP contribution in [0.1, 0.15) is 25.1 Å². The summed E-state index contributed by atoms with van der Waals surface area (Å²) in [5, 5.41) is 3.39. The Morgan fingerprint density at radius 2 is 2.00 bits per heavy atom. The van der Waals surface area contributed by atoms with E-state index in [9.17, 15) is 0 Å². The molecule has 18 heavy (non-hydrogen) atoms. The first-order valence-corrected chi connectivity index (χ1v) is 6.31. The van der Waals surface area contributed by atoms with Crippen LogP contribution in [0.2, 0.25) is 0 Å². The lowest BCUT2D eigenvalue weighted by atomic mass is 10.2. The first kappa shape index (κ1) is 12.6. The summed E-state index contributed by atoms with van der Waals surface area (Å²) in [6, 6.07) is 4.06. The molecule has 0 unspecified atom stereocenters. The van der Waals surface area contributed by atoms with Crippen molar-refractivity contribution in [2.75, 3.05) is 11.9 Å². The number of imidazole rings is 1. The third-order valence-corrected chi connectivity index (χ3v) is 2.67. The molecule has 0 aliphatic carbocycles. The average Bonchev–Trinajstić information content (AvgIpc) is 2.68. The standard InChI is InChI=1S/C14H20N4/c1-11(2)8-16-14-17-12(3)9-18(14)10-13-4-6-15-7-5-13/h4-7,9,11H,8,10H2,1-3H3,(H,16,17).